The van der Waals surface area contributed by atoms with Gasteiger partial charge in [0.25, 0.3) is 5.91 Å². The van der Waals surface area contributed by atoms with Crippen molar-refractivity contribution in [2.75, 3.05) is 13.1 Å². The first-order valence-corrected chi connectivity index (χ1v) is 7.26. The normalized spacial score (nSPS) is 27.7. The van der Waals surface area contributed by atoms with Gasteiger partial charge < -0.3 is 15.1 Å². The number of carbonyl (C=O) groups excluding carboxylic acids is 1. The second-order valence-electron chi connectivity index (χ2n) is 6.26. The van der Waals surface area contributed by atoms with Gasteiger partial charge in [0.15, 0.2) is 0 Å². The number of carboxylic acids is 1. The molecule has 2 atom stereocenters. The summed E-state index contributed by atoms with van der Waals surface area (Å²) in [7, 11) is 0. The highest BCUT2D eigenvalue weighted by molar-refractivity contribution is 5.97. The molecule has 0 spiro atoms. The highest BCUT2D eigenvalue weighted by atomic mass is 16.4. The average Bonchev–Trinajstić information content (AvgIpc) is 2.95. The van der Waals surface area contributed by atoms with Crippen molar-refractivity contribution < 1.29 is 19.8 Å². The summed E-state index contributed by atoms with van der Waals surface area (Å²) >= 11 is 0. The third-order valence-corrected chi connectivity index (χ3v) is 4.97. The molecule has 0 bridgehead atoms. The smallest absolute Gasteiger partial charge is 0.311 e. The summed E-state index contributed by atoms with van der Waals surface area (Å²) in [6.45, 7) is 2.56. The Balaban J connectivity index is 1.86. The Morgan fingerprint density at radius 1 is 1.38 bits per heavy atom. The first-order chi connectivity index (χ1) is 9.94. The van der Waals surface area contributed by atoms with Gasteiger partial charge in [0, 0.05) is 13.1 Å². The maximum atomic E-state index is 12.5. The van der Waals surface area contributed by atoms with Gasteiger partial charge in [0.05, 0.1) is 11.0 Å². The van der Waals surface area contributed by atoms with Gasteiger partial charge in [-0.2, -0.15) is 0 Å². The van der Waals surface area contributed by atoms with Gasteiger partial charge in [-0.05, 0) is 43.4 Å². The number of amides is 1. The Kier molecular flexibility index (Phi) is 3.15. The maximum absolute atomic E-state index is 12.5. The molecule has 1 aromatic rings. The van der Waals surface area contributed by atoms with E-state index in [0.29, 0.717) is 13.0 Å². The number of hydrogen-bond acceptors (Lipinski definition) is 3. The SMILES string of the molecule is Cc1ccc(C(=O)N2C[C@@H]3CCC[C@@]3(C(=O)O)C2)c(O)c1. The van der Waals surface area contributed by atoms with Gasteiger partial charge in [0.2, 0.25) is 0 Å². The van der Waals surface area contributed by atoms with Crippen LogP contribution in [0.4, 0.5) is 0 Å². The predicted molar refractivity (Wildman–Crippen MR) is 76.2 cm³/mol. The number of hydrogen-bond donors (Lipinski definition) is 2. The zero-order chi connectivity index (χ0) is 15.2. The fraction of sp³-hybridized carbons (Fsp3) is 0.500. The van der Waals surface area contributed by atoms with Crippen LogP contribution in [-0.2, 0) is 4.79 Å². The number of aryl methyl sites for hydroxylation is 1. The van der Waals surface area contributed by atoms with Crippen LogP contribution in [0.3, 0.4) is 0 Å². The molecule has 1 aliphatic carbocycles. The molecule has 1 aliphatic heterocycles. The van der Waals surface area contributed by atoms with Crippen molar-refractivity contribution in [3.63, 3.8) is 0 Å². The first kappa shape index (κ1) is 13.9. The van der Waals surface area contributed by atoms with E-state index in [2.05, 4.69) is 0 Å². The van der Waals surface area contributed by atoms with Crippen molar-refractivity contribution >= 4 is 11.9 Å². The number of phenolic OH excluding ortho intramolecular Hbond substituents is 1. The molecule has 5 heteroatoms. The van der Waals surface area contributed by atoms with E-state index >= 15 is 0 Å². The Morgan fingerprint density at radius 2 is 2.14 bits per heavy atom. The molecule has 2 fully saturated rings. The van der Waals surface area contributed by atoms with Crippen molar-refractivity contribution in [2.45, 2.75) is 26.2 Å². The van der Waals surface area contributed by atoms with E-state index in [-0.39, 0.29) is 29.7 Å². The molecule has 1 aromatic carbocycles. The largest absolute Gasteiger partial charge is 0.507 e. The molecule has 1 heterocycles. The number of fused-ring (bicyclic) bond motifs is 1. The van der Waals surface area contributed by atoms with Crippen LogP contribution in [0.25, 0.3) is 0 Å². The van der Waals surface area contributed by atoms with Crippen LogP contribution in [0.5, 0.6) is 5.75 Å². The number of carboxylic acid groups (broad SMARTS) is 1. The lowest BCUT2D eigenvalue weighted by molar-refractivity contribution is -0.149. The number of phenols is 1. The van der Waals surface area contributed by atoms with Crippen molar-refractivity contribution in [3.8, 4) is 5.75 Å². The highest BCUT2D eigenvalue weighted by Gasteiger charge is 2.55. The van der Waals surface area contributed by atoms with Gasteiger partial charge in [-0.1, -0.05) is 12.5 Å². The Morgan fingerprint density at radius 3 is 2.76 bits per heavy atom. The molecule has 1 amide bonds. The van der Waals surface area contributed by atoms with Crippen molar-refractivity contribution in [2.24, 2.45) is 11.3 Å². The lowest BCUT2D eigenvalue weighted by atomic mass is 9.81. The molecule has 0 aromatic heterocycles. The lowest BCUT2D eigenvalue weighted by Crippen LogP contribution is -2.37. The number of rotatable bonds is 2. The third-order valence-electron chi connectivity index (χ3n) is 4.97. The molecule has 2 N–H and O–H groups in total. The fourth-order valence-electron chi connectivity index (χ4n) is 3.79. The first-order valence-electron chi connectivity index (χ1n) is 7.26. The maximum Gasteiger partial charge on any atom is 0.311 e. The quantitative estimate of drug-likeness (QED) is 0.873. The van der Waals surface area contributed by atoms with Crippen LogP contribution in [0.1, 0.15) is 35.2 Å². The second kappa shape index (κ2) is 4.76. The van der Waals surface area contributed by atoms with E-state index < -0.39 is 11.4 Å². The van der Waals surface area contributed by atoms with Gasteiger partial charge in [-0.3, -0.25) is 9.59 Å². The van der Waals surface area contributed by atoms with Crippen LogP contribution in [-0.4, -0.2) is 40.1 Å². The summed E-state index contributed by atoms with van der Waals surface area (Å²) in [6.07, 6.45) is 2.40. The van der Waals surface area contributed by atoms with Crippen molar-refractivity contribution in [1.29, 1.82) is 0 Å². The van der Waals surface area contributed by atoms with Gasteiger partial charge in [-0.15, -0.1) is 0 Å². The van der Waals surface area contributed by atoms with Crippen LogP contribution < -0.4 is 0 Å². The lowest BCUT2D eigenvalue weighted by Gasteiger charge is -2.23. The van der Waals surface area contributed by atoms with Crippen molar-refractivity contribution in [1.82, 2.24) is 4.90 Å². The molecule has 3 rings (SSSR count). The summed E-state index contributed by atoms with van der Waals surface area (Å²) in [5.74, 6) is -1.08. The average molecular weight is 289 g/mol. The summed E-state index contributed by atoms with van der Waals surface area (Å²) in [5.41, 5.74) is 0.348. The summed E-state index contributed by atoms with van der Waals surface area (Å²) in [5, 5.41) is 19.5. The minimum absolute atomic E-state index is 0.0338. The summed E-state index contributed by atoms with van der Waals surface area (Å²) in [4.78, 5) is 25.8. The molecular formula is C16H19NO4. The van der Waals surface area contributed by atoms with Gasteiger partial charge >= 0.3 is 5.97 Å². The molecule has 5 nitrogen and oxygen atoms in total. The molecular weight excluding hydrogens is 270 g/mol. The number of carbonyl (C=O) groups is 2. The molecule has 2 aliphatic rings. The number of nitrogens with zero attached hydrogens (tertiary/aromatic N) is 1. The van der Waals surface area contributed by atoms with E-state index in [4.69, 9.17) is 0 Å². The molecule has 112 valence electrons. The van der Waals surface area contributed by atoms with E-state index in [0.717, 1.165) is 18.4 Å². The number of likely N-dealkylation sites (tertiary alicyclic amines) is 1. The van der Waals surface area contributed by atoms with Crippen LogP contribution in [0.15, 0.2) is 18.2 Å². The molecule has 1 saturated carbocycles. The van der Waals surface area contributed by atoms with Gasteiger partial charge in [-0.25, -0.2) is 0 Å². The van der Waals surface area contributed by atoms with Gasteiger partial charge in [0.1, 0.15) is 5.75 Å². The third kappa shape index (κ3) is 2.07. The van der Waals surface area contributed by atoms with Crippen molar-refractivity contribution in [3.05, 3.63) is 29.3 Å². The highest BCUT2D eigenvalue weighted by Crippen LogP contribution is 2.49. The minimum Gasteiger partial charge on any atom is -0.507 e. The Hall–Kier alpha value is -2.04. The predicted octanol–water partition coefficient (Wildman–Crippen LogP) is 2.03. The molecule has 21 heavy (non-hydrogen) atoms. The van der Waals surface area contributed by atoms with E-state index in [1.807, 2.05) is 6.92 Å². The molecule has 0 radical (unpaired) electrons. The van der Waals surface area contributed by atoms with Crippen LogP contribution in [0.2, 0.25) is 0 Å². The number of aliphatic carboxylic acids is 1. The fourth-order valence-corrected chi connectivity index (χ4v) is 3.79. The standard InChI is InChI=1S/C16H19NO4/c1-10-4-5-12(13(18)7-10)14(19)17-8-11-3-2-6-16(11,9-17)15(20)21/h4-5,7,11,18H,2-3,6,8-9H2,1H3,(H,20,21)/t11-,16+/m0/s1. The topological polar surface area (TPSA) is 77.8 Å². The van der Waals surface area contributed by atoms with Crippen LogP contribution in [0, 0.1) is 18.3 Å². The second-order valence-corrected chi connectivity index (χ2v) is 6.26. The Bertz CT molecular complexity index is 612. The zero-order valence-electron chi connectivity index (χ0n) is 12.0. The van der Waals surface area contributed by atoms with E-state index in [1.165, 1.54) is 0 Å². The molecule has 0 unspecified atom stereocenters. The zero-order valence-corrected chi connectivity index (χ0v) is 12.0. The summed E-state index contributed by atoms with van der Waals surface area (Å²) in [6, 6.07) is 4.93. The summed E-state index contributed by atoms with van der Waals surface area (Å²) < 4.78 is 0. The number of aromatic hydroxyl groups is 1. The monoisotopic (exact) mass is 289 g/mol. The van der Waals surface area contributed by atoms with E-state index in [1.54, 1.807) is 23.1 Å². The number of benzene rings is 1. The Labute approximate surface area is 123 Å². The van der Waals surface area contributed by atoms with E-state index in [9.17, 15) is 19.8 Å². The minimum atomic E-state index is -0.798. The molecule has 1 saturated heterocycles. The van der Waals surface area contributed by atoms with Crippen LogP contribution >= 0.6 is 0 Å².